The molecule has 0 bridgehead atoms. The SMILES string of the molecule is CC[C@@H]1[C@@H](Sc2ccc(C)cc2)[C@@H](C(=O)O)[C@H](c2ccc(C)cc2)N1S(=O)(=O)c1ccc(Cl)cc1. The lowest BCUT2D eigenvalue weighted by Crippen LogP contribution is -2.39. The van der Waals surface area contributed by atoms with Gasteiger partial charge >= 0.3 is 5.97 Å². The van der Waals surface area contributed by atoms with Crippen LogP contribution < -0.4 is 0 Å². The van der Waals surface area contributed by atoms with E-state index in [2.05, 4.69) is 0 Å². The molecule has 184 valence electrons. The van der Waals surface area contributed by atoms with Gasteiger partial charge in [-0.25, -0.2) is 8.42 Å². The van der Waals surface area contributed by atoms with Gasteiger partial charge in [-0.15, -0.1) is 11.8 Å². The summed E-state index contributed by atoms with van der Waals surface area (Å²) in [4.78, 5) is 13.8. The summed E-state index contributed by atoms with van der Waals surface area (Å²) >= 11 is 7.46. The van der Waals surface area contributed by atoms with E-state index in [1.807, 2.05) is 69.3 Å². The lowest BCUT2D eigenvalue weighted by Gasteiger charge is -2.30. The number of carboxylic acids is 1. The normalized spacial score (nSPS) is 22.9. The molecule has 35 heavy (non-hydrogen) atoms. The quantitative estimate of drug-likeness (QED) is 0.386. The second-order valence-electron chi connectivity index (χ2n) is 8.88. The van der Waals surface area contributed by atoms with Crippen LogP contribution in [0.4, 0.5) is 0 Å². The lowest BCUT2D eigenvalue weighted by atomic mass is 9.92. The molecule has 0 spiro atoms. The van der Waals surface area contributed by atoms with E-state index >= 15 is 0 Å². The molecule has 0 saturated carbocycles. The first-order chi connectivity index (χ1) is 16.6. The maximum Gasteiger partial charge on any atom is 0.309 e. The van der Waals surface area contributed by atoms with Gasteiger partial charge in [0, 0.05) is 21.2 Å². The largest absolute Gasteiger partial charge is 0.481 e. The van der Waals surface area contributed by atoms with Gasteiger partial charge in [0.05, 0.1) is 16.9 Å². The van der Waals surface area contributed by atoms with E-state index in [9.17, 15) is 18.3 Å². The number of carbonyl (C=O) groups is 1. The molecule has 0 aliphatic carbocycles. The van der Waals surface area contributed by atoms with E-state index in [0.717, 1.165) is 16.0 Å². The molecule has 1 aliphatic rings. The van der Waals surface area contributed by atoms with Crippen LogP contribution in [0.5, 0.6) is 0 Å². The average Bonchev–Trinajstić information content (AvgIpc) is 3.16. The highest BCUT2D eigenvalue weighted by atomic mass is 35.5. The Balaban J connectivity index is 1.89. The van der Waals surface area contributed by atoms with Gasteiger partial charge < -0.3 is 5.11 Å². The Morgan fingerprint density at radius 1 is 0.943 bits per heavy atom. The van der Waals surface area contributed by atoms with Gasteiger partial charge in [0.2, 0.25) is 10.0 Å². The van der Waals surface area contributed by atoms with Gasteiger partial charge in [-0.3, -0.25) is 4.79 Å². The highest BCUT2D eigenvalue weighted by Gasteiger charge is 2.57. The van der Waals surface area contributed by atoms with E-state index in [1.165, 1.54) is 28.2 Å². The van der Waals surface area contributed by atoms with Crippen LogP contribution in [0.15, 0.2) is 82.6 Å². The van der Waals surface area contributed by atoms with Crippen LogP contribution >= 0.6 is 23.4 Å². The summed E-state index contributed by atoms with van der Waals surface area (Å²) in [6.07, 6.45) is 0.475. The number of benzene rings is 3. The van der Waals surface area contributed by atoms with Crippen LogP contribution in [-0.4, -0.2) is 35.1 Å². The molecule has 1 heterocycles. The fourth-order valence-electron chi connectivity index (χ4n) is 4.72. The minimum Gasteiger partial charge on any atom is -0.481 e. The summed E-state index contributed by atoms with van der Waals surface area (Å²) in [5, 5.41) is 10.4. The standard InChI is InChI=1S/C27H28ClNO4S2/c1-4-23-26(34-21-13-7-18(3)8-14-21)24(27(30)31)25(19-9-5-17(2)6-10-19)29(23)35(32,33)22-15-11-20(28)12-16-22/h5-16,23-26H,4H2,1-3H3,(H,30,31)/t23-,24+,25+,26-/m1/s1. The number of thioether (sulfide) groups is 1. The summed E-state index contributed by atoms with van der Waals surface area (Å²) in [5.41, 5.74) is 2.79. The summed E-state index contributed by atoms with van der Waals surface area (Å²) < 4.78 is 29.6. The third-order valence-corrected chi connectivity index (χ3v) is 10.1. The first-order valence-electron chi connectivity index (χ1n) is 11.4. The summed E-state index contributed by atoms with van der Waals surface area (Å²) in [7, 11) is -4.02. The van der Waals surface area contributed by atoms with Crippen molar-refractivity contribution in [1.82, 2.24) is 4.31 Å². The smallest absolute Gasteiger partial charge is 0.309 e. The van der Waals surface area contributed by atoms with E-state index in [-0.39, 0.29) is 4.90 Å². The van der Waals surface area contributed by atoms with Crippen molar-refractivity contribution in [2.24, 2.45) is 5.92 Å². The molecule has 0 unspecified atom stereocenters. The Hall–Kier alpha value is -2.32. The topological polar surface area (TPSA) is 74.7 Å². The summed E-state index contributed by atoms with van der Waals surface area (Å²) in [5.74, 6) is -1.94. The molecular formula is C27H28ClNO4S2. The van der Waals surface area contributed by atoms with Crippen molar-refractivity contribution < 1.29 is 18.3 Å². The van der Waals surface area contributed by atoms with Crippen LogP contribution in [-0.2, 0) is 14.8 Å². The predicted octanol–water partition coefficient (Wildman–Crippen LogP) is 6.34. The molecular weight excluding hydrogens is 502 g/mol. The first kappa shape index (κ1) is 25.8. The molecule has 0 amide bonds. The van der Waals surface area contributed by atoms with Crippen LogP contribution in [0.1, 0.15) is 36.1 Å². The van der Waals surface area contributed by atoms with Crippen molar-refractivity contribution in [3.8, 4) is 0 Å². The van der Waals surface area contributed by atoms with Gasteiger partial charge in [-0.1, -0.05) is 66.0 Å². The molecule has 3 aromatic carbocycles. The van der Waals surface area contributed by atoms with Crippen LogP contribution in [0, 0.1) is 19.8 Å². The Bertz CT molecular complexity index is 1290. The highest BCUT2D eigenvalue weighted by molar-refractivity contribution is 8.00. The Morgan fingerprint density at radius 3 is 2.00 bits per heavy atom. The van der Waals surface area contributed by atoms with Crippen LogP contribution in [0.2, 0.25) is 5.02 Å². The lowest BCUT2D eigenvalue weighted by molar-refractivity contribution is -0.142. The summed E-state index contributed by atoms with van der Waals surface area (Å²) in [6.45, 7) is 5.85. The van der Waals surface area contributed by atoms with Gasteiger partial charge in [0.1, 0.15) is 0 Å². The number of rotatable bonds is 7. The third-order valence-electron chi connectivity index (χ3n) is 6.48. The molecule has 1 saturated heterocycles. The molecule has 1 aliphatic heterocycles. The molecule has 0 aromatic heterocycles. The maximum atomic E-state index is 14.1. The molecule has 0 radical (unpaired) electrons. The van der Waals surface area contributed by atoms with Crippen molar-refractivity contribution in [1.29, 1.82) is 0 Å². The van der Waals surface area contributed by atoms with Crippen molar-refractivity contribution in [3.05, 3.63) is 94.5 Å². The van der Waals surface area contributed by atoms with E-state index in [4.69, 9.17) is 11.6 Å². The zero-order valence-corrected chi connectivity index (χ0v) is 22.1. The Morgan fingerprint density at radius 2 is 1.49 bits per heavy atom. The molecule has 1 N–H and O–H groups in total. The van der Waals surface area contributed by atoms with Gasteiger partial charge in [0.25, 0.3) is 0 Å². The number of aliphatic carboxylic acids is 1. The molecule has 5 nitrogen and oxygen atoms in total. The zero-order valence-electron chi connectivity index (χ0n) is 19.8. The summed E-state index contributed by atoms with van der Waals surface area (Å²) in [6, 6.07) is 20.0. The van der Waals surface area contributed by atoms with Gasteiger partial charge in [-0.2, -0.15) is 4.31 Å². The minimum atomic E-state index is -4.02. The number of hydrogen-bond donors (Lipinski definition) is 1. The van der Waals surface area contributed by atoms with Crippen molar-refractivity contribution >= 4 is 39.4 Å². The fraction of sp³-hybridized carbons (Fsp3) is 0.296. The highest BCUT2D eigenvalue weighted by Crippen LogP contribution is 2.51. The molecule has 4 rings (SSSR count). The zero-order chi connectivity index (χ0) is 25.3. The van der Waals surface area contributed by atoms with Crippen molar-refractivity contribution in [3.63, 3.8) is 0 Å². The first-order valence-corrected chi connectivity index (χ1v) is 14.1. The molecule has 4 atom stereocenters. The van der Waals surface area contributed by atoms with E-state index in [1.54, 1.807) is 12.1 Å². The van der Waals surface area contributed by atoms with Crippen LogP contribution in [0.3, 0.4) is 0 Å². The number of nitrogens with zero attached hydrogens (tertiary/aromatic N) is 1. The fourth-order valence-corrected chi connectivity index (χ4v) is 8.33. The Labute approximate surface area is 216 Å². The maximum absolute atomic E-state index is 14.1. The number of sulfonamides is 1. The molecule has 3 aromatic rings. The predicted molar refractivity (Wildman–Crippen MR) is 140 cm³/mol. The van der Waals surface area contributed by atoms with E-state index < -0.39 is 39.2 Å². The average molecular weight is 530 g/mol. The number of aryl methyl sites for hydroxylation is 2. The minimum absolute atomic E-state index is 0.0996. The molecule has 8 heteroatoms. The van der Waals surface area contributed by atoms with Crippen LogP contribution in [0.25, 0.3) is 0 Å². The van der Waals surface area contributed by atoms with Gasteiger partial charge in [-0.05, 0) is 62.2 Å². The number of carboxylic acid groups (broad SMARTS) is 1. The third kappa shape index (κ3) is 5.14. The number of hydrogen-bond acceptors (Lipinski definition) is 4. The second-order valence-corrected chi connectivity index (χ2v) is 12.4. The second kappa shape index (κ2) is 10.3. The monoisotopic (exact) mass is 529 g/mol. The number of halogens is 1. The van der Waals surface area contributed by atoms with Crippen molar-refractivity contribution in [2.75, 3.05) is 0 Å². The van der Waals surface area contributed by atoms with Crippen molar-refractivity contribution in [2.45, 2.75) is 54.3 Å². The van der Waals surface area contributed by atoms with E-state index in [0.29, 0.717) is 17.0 Å². The molecule has 1 fully saturated rings. The van der Waals surface area contributed by atoms with Gasteiger partial charge in [0.15, 0.2) is 0 Å². The Kier molecular flexibility index (Phi) is 7.62.